The molecule has 0 bridgehead atoms. The molecular formula is C20H25NO3. The van der Waals surface area contributed by atoms with Crippen LogP contribution in [0.1, 0.15) is 42.6 Å². The number of hydrogen-bond acceptors (Lipinski definition) is 3. The van der Waals surface area contributed by atoms with Crippen LogP contribution < -0.4 is 5.32 Å². The van der Waals surface area contributed by atoms with Crippen LogP contribution in [0.15, 0.2) is 36.4 Å². The summed E-state index contributed by atoms with van der Waals surface area (Å²) in [6.45, 7) is 9.37. The van der Waals surface area contributed by atoms with Crippen molar-refractivity contribution in [2.45, 2.75) is 33.1 Å². The van der Waals surface area contributed by atoms with Crippen molar-refractivity contribution < 1.29 is 14.3 Å². The fourth-order valence-electron chi connectivity index (χ4n) is 3.80. The first kappa shape index (κ1) is 16.7. The second-order valence-corrected chi connectivity index (χ2v) is 7.56. The molecule has 2 unspecified atom stereocenters. The minimum atomic E-state index is -0.446. The molecule has 4 heteroatoms. The van der Waals surface area contributed by atoms with Gasteiger partial charge in [-0.25, -0.2) is 0 Å². The van der Waals surface area contributed by atoms with Gasteiger partial charge in [0.05, 0.1) is 12.0 Å². The van der Waals surface area contributed by atoms with Crippen LogP contribution in [-0.4, -0.2) is 25.0 Å². The maximum Gasteiger partial charge on any atom is 0.313 e. The lowest BCUT2D eigenvalue weighted by Crippen LogP contribution is -2.31. The maximum absolute atomic E-state index is 12.3. The van der Waals surface area contributed by atoms with Crippen molar-refractivity contribution in [2.24, 2.45) is 17.3 Å². The van der Waals surface area contributed by atoms with E-state index in [9.17, 15) is 9.59 Å². The Bertz CT molecular complexity index is 662. The summed E-state index contributed by atoms with van der Waals surface area (Å²) in [6, 6.07) is 7.56. The molecule has 0 spiro atoms. The van der Waals surface area contributed by atoms with Gasteiger partial charge in [-0.05, 0) is 42.9 Å². The molecular weight excluding hydrogens is 302 g/mol. The fourth-order valence-corrected chi connectivity index (χ4v) is 3.80. The van der Waals surface area contributed by atoms with Crippen LogP contribution in [0, 0.1) is 17.3 Å². The molecule has 1 saturated carbocycles. The highest BCUT2D eigenvalue weighted by atomic mass is 16.5. The van der Waals surface area contributed by atoms with Crippen molar-refractivity contribution in [3.63, 3.8) is 0 Å². The molecule has 1 amide bonds. The van der Waals surface area contributed by atoms with Crippen LogP contribution in [0.2, 0.25) is 0 Å². The van der Waals surface area contributed by atoms with E-state index in [-0.39, 0.29) is 17.8 Å². The Morgan fingerprint density at radius 3 is 2.75 bits per heavy atom. The zero-order valence-electron chi connectivity index (χ0n) is 14.4. The number of cyclic esters (lactones) is 1. The molecule has 4 nitrogen and oxygen atoms in total. The number of carbonyl (C=O) groups is 2. The van der Waals surface area contributed by atoms with Crippen molar-refractivity contribution in [3.8, 4) is 0 Å². The quantitative estimate of drug-likeness (QED) is 0.668. The second-order valence-electron chi connectivity index (χ2n) is 7.56. The molecule has 1 aliphatic heterocycles. The lowest BCUT2D eigenvalue weighted by molar-refractivity contribution is -0.146. The van der Waals surface area contributed by atoms with E-state index in [4.69, 9.17) is 4.74 Å². The van der Waals surface area contributed by atoms with Crippen molar-refractivity contribution in [1.29, 1.82) is 0 Å². The topological polar surface area (TPSA) is 55.4 Å². The number of hydrogen-bond donors (Lipinski definition) is 1. The summed E-state index contributed by atoms with van der Waals surface area (Å²) < 4.78 is 5.32. The summed E-state index contributed by atoms with van der Waals surface area (Å²) in [4.78, 5) is 24.4. The van der Waals surface area contributed by atoms with Gasteiger partial charge in [0.25, 0.3) is 5.91 Å². The van der Waals surface area contributed by atoms with E-state index < -0.39 is 5.41 Å². The third-order valence-corrected chi connectivity index (χ3v) is 5.11. The van der Waals surface area contributed by atoms with Crippen molar-refractivity contribution in [1.82, 2.24) is 5.32 Å². The predicted molar refractivity (Wildman–Crippen MR) is 92.6 cm³/mol. The van der Waals surface area contributed by atoms with E-state index >= 15 is 0 Å². The smallest absolute Gasteiger partial charge is 0.313 e. The van der Waals surface area contributed by atoms with E-state index in [2.05, 4.69) is 25.7 Å². The van der Waals surface area contributed by atoms with Crippen molar-refractivity contribution in [2.75, 3.05) is 13.2 Å². The Kier molecular flexibility index (Phi) is 4.48. The number of fused-ring (bicyclic) bond motifs is 1. The molecule has 1 N–H and O–H groups in total. The normalized spacial score (nSPS) is 25.7. The largest absolute Gasteiger partial charge is 0.465 e. The molecule has 0 aromatic heterocycles. The van der Waals surface area contributed by atoms with Gasteiger partial charge in [-0.2, -0.15) is 0 Å². The monoisotopic (exact) mass is 327 g/mol. The van der Waals surface area contributed by atoms with E-state index in [1.807, 2.05) is 24.3 Å². The van der Waals surface area contributed by atoms with Gasteiger partial charge in [0.1, 0.15) is 0 Å². The first-order chi connectivity index (χ1) is 11.4. The van der Waals surface area contributed by atoms with Gasteiger partial charge in [0, 0.05) is 18.0 Å². The highest BCUT2D eigenvalue weighted by Gasteiger charge is 2.55. The lowest BCUT2D eigenvalue weighted by Gasteiger charge is -2.24. The molecule has 0 radical (unpaired) electrons. The fraction of sp³-hybridized carbons (Fsp3) is 0.500. The molecule has 1 heterocycles. The molecule has 128 valence electrons. The molecule has 1 saturated heterocycles. The Morgan fingerprint density at radius 1 is 1.38 bits per heavy atom. The zero-order valence-corrected chi connectivity index (χ0v) is 14.4. The van der Waals surface area contributed by atoms with Gasteiger partial charge in [-0.15, -0.1) is 0 Å². The summed E-state index contributed by atoms with van der Waals surface area (Å²) in [5.74, 6) is 0.519. The number of benzene rings is 1. The first-order valence-corrected chi connectivity index (χ1v) is 8.62. The van der Waals surface area contributed by atoms with E-state index in [0.29, 0.717) is 37.5 Å². The summed E-state index contributed by atoms with van der Waals surface area (Å²) in [7, 11) is 0. The molecule has 24 heavy (non-hydrogen) atoms. The van der Waals surface area contributed by atoms with Gasteiger partial charge in [-0.3, -0.25) is 9.59 Å². The summed E-state index contributed by atoms with van der Waals surface area (Å²) in [5.41, 5.74) is 2.41. The summed E-state index contributed by atoms with van der Waals surface area (Å²) in [5, 5.41) is 2.91. The average Bonchev–Trinajstić information content (AvgIpc) is 3.01. The molecule has 1 aromatic rings. The average molecular weight is 327 g/mol. The van der Waals surface area contributed by atoms with Crippen LogP contribution in [0.4, 0.5) is 0 Å². The van der Waals surface area contributed by atoms with Crippen LogP contribution >= 0.6 is 0 Å². The molecule has 3 rings (SSSR count). The van der Waals surface area contributed by atoms with Crippen molar-refractivity contribution >= 4 is 11.9 Å². The standard InChI is InChI=1S/C20H25NO3/c1-13(2)11-21-18(22)16-6-4-15(5-7-16)10-20-9-14(3)8-17(20)12-24-19(20)23/h4-7,13,17H,3,8-12H2,1-2H3,(H,21,22). The minimum Gasteiger partial charge on any atom is -0.465 e. The number of ether oxygens (including phenoxy) is 1. The van der Waals surface area contributed by atoms with Gasteiger partial charge < -0.3 is 10.1 Å². The number of nitrogens with one attached hydrogen (secondary N) is 1. The van der Waals surface area contributed by atoms with Gasteiger partial charge >= 0.3 is 5.97 Å². The Morgan fingerprint density at radius 2 is 2.08 bits per heavy atom. The van der Waals surface area contributed by atoms with E-state index in [0.717, 1.165) is 17.6 Å². The first-order valence-electron chi connectivity index (χ1n) is 8.62. The zero-order chi connectivity index (χ0) is 17.3. The Balaban J connectivity index is 1.71. The van der Waals surface area contributed by atoms with E-state index in [1.165, 1.54) is 0 Å². The third kappa shape index (κ3) is 3.10. The lowest BCUT2D eigenvalue weighted by atomic mass is 9.75. The van der Waals surface area contributed by atoms with Crippen LogP contribution in [-0.2, 0) is 16.0 Å². The van der Waals surface area contributed by atoms with Crippen LogP contribution in [0.3, 0.4) is 0 Å². The van der Waals surface area contributed by atoms with Gasteiger partial charge in [0.15, 0.2) is 0 Å². The number of rotatable bonds is 5. The van der Waals surface area contributed by atoms with Gasteiger partial charge in [0.2, 0.25) is 0 Å². The molecule has 1 aliphatic carbocycles. The van der Waals surface area contributed by atoms with Crippen molar-refractivity contribution in [3.05, 3.63) is 47.5 Å². The molecule has 1 aromatic carbocycles. The third-order valence-electron chi connectivity index (χ3n) is 5.11. The molecule has 2 atom stereocenters. The summed E-state index contributed by atoms with van der Waals surface area (Å²) >= 11 is 0. The van der Waals surface area contributed by atoms with Crippen LogP contribution in [0.5, 0.6) is 0 Å². The highest BCUT2D eigenvalue weighted by Crippen LogP contribution is 2.52. The number of carbonyl (C=O) groups excluding carboxylic acids is 2. The molecule has 2 aliphatic rings. The number of allylic oxidation sites excluding steroid dienone is 1. The predicted octanol–water partition coefficient (Wildman–Crippen LogP) is 3.12. The Labute approximate surface area is 143 Å². The Hall–Kier alpha value is -2.10. The number of amides is 1. The SMILES string of the molecule is C=C1CC2COC(=O)C2(Cc2ccc(C(=O)NCC(C)C)cc2)C1. The van der Waals surface area contributed by atoms with Gasteiger partial charge in [-0.1, -0.05) is 38.1 Å². The highest BCUT2D eigenvalue weighted by molar-refractivity contribution is 5.94. The minimum absolute atomic E-state index is 0.0548. The van der Waals surface area contributed by atoms with E-state index in [1.54, 1.807) is 0 Å². The number of esters is 1. The summed E-state index contributed by atoms with van der Waals surface area (Å²) in [6.07, 6.45) is 2.25. The maximum atomic E-state index is 12.3. The molecule has 2 fully saturated rings. The second kappa shape index (κ2) is 6.42. The van der Waals surface area contributed by atoms with Crippen LogP contribution in [0.25, 0.3) is 0 Å².